The molecule has 1 heterocycles. The first-order chi connectivity index (χ1) is 6.99. The van der Waals surface area contributed by atoms with Gasteiger partial charge in [0.1, 0.15) is 11.7 Å². The Morgan fingerprint density at radius 3 is 2.07 bits per heavy atom. The number of carbonyl (C=O) groups is 2. The lowest BCUT2D eigenvalue weighted by Crippen LogP contribution is -2.46. The van der Waals surface area contributed by atoms with E-state index in [2.05, 4.69) is 0 Å². The van der Waals surface area contributed by atoms with E-state index in [4.69, 9.17) is 0 Å². The molecule has 15 heavy (non-hydrogen) atoms. The molecule has 0 unspecified atom stereocenters. The summed E-state index contributed by atoms with van der Waals surface area (Å²) in [5.41, 5.74) is -0.855. The van der Waals surface area contributed by atoms with Crippen LogP contribution < -0.4 is 0 Å². The molecule has 2 aliphatic rings. The van der Waals surface area contributed by atoms with Crippen LogP contribution in [0.2, 0.25) is 0 Å². The van der Waals surface area contributed by atoms with Crippen molar-refractivity contribution in [1.29, 1.82) is 0 Å². The Morgan fingerprint density at radius 2 is 1.67 bits per heavy atom. The quantitative estimate of drug-likeness (QED) is 0.515. The Hall–Kier alpha value is -1.00. The normalized spacial score (nSPS) is 27.2. The molecule has 0 N–H and O–H groups in total. The van der Waals surface area contributed by atoms with Crippen molar-refractivity contribution in [3.63, 3.8) is 0 Å². The van der Waals surface area contributed by atoms with Crippen LogP contribution >= 0.6 is 0 Å². The van der Waals surface area contributed by atoms with E-state index < -0.39 is 11.3 Å². The van der Waals surface area contributed by atoms with Crippen molar-refractivity contribution in [3.05, 3.63) is 0 Å². The van der Waals surface area contributed by atoms with Crippen LogP contribution in [0.4, 0.5) is 8.78 Å². The molecular weight excluding hydrogens is 204 g/mol. The molecule has 0 bridgehead atoms. The van der Waals surface area contributed by atoms with Gasteiger partial charge in [0.05, 0.1) is 0 Å². The summed E-state index contributed by atoms with van der Waals surface area (Å²) in [5.74, 6) is -2.90. The summed E-state index contributed by atoms with van der Waals surface area (Å²) < 4.78 is 25.7. The van der Waals surface area contributed by atoms with E-state index in [0.29, 0.717) is 19.1 Å². The zero-order chi connectivity index (χ0) is 11.1. The van der Waals surface area contributed by atoms with E-state index in [1.54, 1.807) is 0 Å². The molecule has 0 atom stereocenters. The molecule has 0 aromatic carbocycles. The maximum atomic E-state index is 12.8. The van der Waals surface area contributed by atoms with Crippen molar-refractivity contribution in [2.45, 2.75) is 31.6 Å². The fraction of sp³-hybridized carbons (Fsp3) is 0.800. The Kier molecular flexibility index (Phi) is 2.28. The van der Waals surface area contributed by atoms with Crippen molar-refractivity contribution >= 4 is 12.2 Å². The minimum absolute atomic E-state index is 0.0709. The second kappa shape index (κ2) is 3.25. The van der Waals surface area contributed by atoms with E-state index in [1.165, 1.54) is 4.90 Å². The summed E-state index contributed by atoms with van der Waals surface area (Å²) in [6.45, 7) is 0.142. The van der Waals surface area contributed by atoms with Crippen molar-refractivity contribution in [2.24, 2.45) is 5.41 Å². The van der Waals surface area contributed by atoms with Crippen molar-refractivity contribution < 1.29 is 18.4 Å². The van der Waals surface area contributed by atoms with E-state index in [1.807, 2.05) is 0 Å². The van der Waals surface area contributed by atoms with E-state index in [9.17, 15) is 18.4 Å². The van der Waals surface area contributed by atoms with Crippen LogP contribution in [0.15, 0.2) is 0 Å². The molecule has 1 aliphatic carbocycles. The second-order valence-electron chi connectivity index (χ2n) is 4.42. The van der Waals surface area contributed by atoms with Crippen molar-refractivity contribution in [2.75, 3.05) is 13.1 Å². The smallest absolute Gasteiger partial charge is 0.251 e. The van der Waals surface area contributed by atoms with E-state index in [-0.39, 0.29) is 31.8 Å². The highest BCUT2D eigenvalue weighted by molar-refractivity contribution is 5.99. The van der Waals surface area contributed by atoms with Gasteiger partial charge in [-0.15, -0.1) is 0 Å². The number of likely N-dealkylation sites (tertiary alicyclic amines) is 1. The van der Waals surface area contributed by atoms with Gasteiger partial charge in [0.2, 0.25) is 5.91 Å². The summed E-state index contributed by atoms with van der Waals surface area (Å²) in [6.07, 6.45) is 1.24. The molecule has 0 radical (unpaired) electrons. The third kappa shape index (κ3) is 1.87. The summed E-state index contributed by atoms with van der Waals surface area (Å²) in [7, 11) is 0. The fourth-order valence-corrected chi connectivity index (χ4v) is 1.87. The molecular formula is C10H13F2NO2. The van der Waals surface area contributed by atoms with Gasteiger partial charge in [-0.05, 0) is 12.8 Å². The number of halogens is 2. The number of carbonyl (C=O) groups excluding carboxylic acids is 2. The number of amides is 1. The first kappa shape index (κ1) is 10.5. The third-order valence-electron chi connectivity index (χ3n) is 3.22. The number of hydrogen-bond acceptors (Lipinski definition) is 2. The summed E-state index contributed by atoms with van der Waals surface area (Å²) in [4.78, 5) is 23.9. The Bertz CT molecular complexity index is 290. The molecule has 2 rings (SSSR count). The van der Waals surface area contributed by atoms with E-state index in [0.717, 1.165) is 0 Å². The standard InChI is InChI=1S/C10H13F2NO2/c11-10(12)3-5-13(6-4-10)8(15)9(7-14)1-2-9/h7H,1-6H2. The lowest BCUT2D eigenvalue weighted by molar-refractivity contribution is -0.144. The molecule has 3 nitrogen and oxygen atoms in total. The fourth-order valence-electron chi connectivity index (χ4n) is 1.87. The number of aldehydes is 1. The molecule has 1 saturated carbocycles. The first-order valence-electron chi connectivity index (χ1n) is 5.13. The molecule has 0 spiro atoms. The average Bonchev–Trinajstić information content (AvgIpc) is 2.97. The van der Waals surface area contributed by atoms with Crippen LogP contribution in [0, 0.1) is 5.41 Å². The van der Waals surface area contributed by atoms with Crippen molar-refractivity contribution in [1.82, 2.24) is 4.90 Å². The first-order valence-corrected chi connectivity index (χ1v) is 5.13. The molecule has 0 aromatic heterocycles. The monoisotopic (exact) mass is 217 g/mol. The Labute approximate surface area is 86.4 Å². The van der Waals surface area contributed by atoms with Crippen LogP contribution in [0.5, 0.6) is 0 Å². The SMILES string of the molecule is O=CC1(C(=O)N2CCC(F)(F)CC2)CC1. The molecule has 84 valence electrons. The summed E-state index contributed by atoms with van der Waals surface area (Å²) in [5, 5.41) is 0. The predicted octanol–water partition coefficient (Wildman–Crippen LogP) is 1.22. The highest BCUT2D eigenvalue weighted by Crippen LogP contribution is 2.45. The Morgan fingerprint density at radius 1 is 1.13 bits per heavy atom. The molecule has 5 heteroatoms. The average molecular weight is 217 g/mol. The molecule has 2 fully saturated rings. The van der Waals surface area contributed by atoms with Crippen LogP contribution in [-0.4, -0.2) is 36.1 Å². The third-order valence-corrected chi connectivity index (χ3v) is 3.22. The number of rotatable bonds is 2. The number of nitrogens with zero attached hydrogens (tertiary/aromatic N) is 1. The van der Waals surface area contributed by atoms with Gasteiger partial charge < -0.3 is 9.69 Å². The minimum atomic E-state index is -2.64. The number of piperidine rings is 1. The van der Waals surface area contributed by atoms with E-state index >= 15 is 0 Å². The number of alkyl halides is 2. The Balaban J connectivity index is 1.96. The van der Waals surface area contributed by atoms with Gasteiger partial charge in [-0.25, -0.2) is 8.78 Å². The van der Waals surface area contributed by atoms with Gasteiger partial charge in [-0.2, -0.15) is 0 Å². The highest BCUT2D eigenvalue weighted by atomic mass is 19.3. The summed E-state index contributed by atoms with van der Waals surface area (Å²) in [6, 6.07) is 0. The van der Waals surface area contributed by atoms with Crippen molar-refractivity contribution in [3.8, 4) is 0 Å². The topological polar surface area (TPSA) is 37.4 Å². The zero-order valence-corrected chi connectivity index (χ0v) is 8.34. The largest absolute Gasteiger partial charge is 0.341 e. The summed E-state index contributed by atoms with van der Waals surface area (Å²) >= 11 is 0. The van der Waals surface area contributed by atoms with Gasteiger partial charge in [0.15, 0.2) is 0 Å². The van der Waals surface area contributed by atoms with Crippen LogP contribution in [-0.2, 0) is 9.59 Å². The van der Waals surface area contributed by atoms with Gasteiger partial charge in [-0.1, -0.05) is 0 Å². The van der Waals surface area contributed by atoms with Crippen LogP contribution in [0.25, 0.3) is 0 Å². The lowest BCUT2D eigenvalue weighted by Gasteiger charge is -2.33. The molecule has 1 saturated heterocycles. The molecule has 0 aromatic rings. The van der Waals surface area contributed by atoms with Gasteiger partial charge in [0, 0.05) is 25.9 Å². The van der Waals surface area contributed by atoms with Crippen LogP contribution in [0.1, 0.15) is 25.7 Å². The molecule has 1 amide bonds. The van der Waals surface area contributed by atoms with Gasteiger partial charge in [-0.3, -0.25) is 4.79 Å². The van der Waals surface area contributed by atoms with Crippen LogP contribution in [0.3, 0.4) is 0 Å². The maximum Gasteiger partial charge on any atom is 0.251 e. The maximum absolute atomic E-state index is 12.8. The van der Waals surface area contributed by atoms with Gasteiger partial charge >= 0.3 is 0 Å². The predicted molar refractivity (Wildman–Crippen MR) is 48.5 cm³/mol. The lowest BCUT2D eigenvalue weighted by atomic mass is 10.0. The second-order valence-corrected chi connectivity index (χ2v) is 4.42. The minimum Gasteiger partial charge on any atom is -0.341 e. The van der Waals surface area contributed by atoms with Gasteiger partial charge in [0.25, 0.3) is 5.92 Å². The number of hydrogen-bond donors (Lipinski definition) is 0. The zero-order valence-electron chi connectivity index (χ0n) is 8.34. The highest BCUT2D eigenvalue weighted by Gasteiger charge is 2.52. The molecule has 1 aliphatic heterocycles.